The number of nitrogens with two attached hydrogens (primary N) is 1. The molecule has 0 aliphatic rings. The number of rotatable bonds is 6. The van der Waals surface area contributed by atoms with E-state index in [0.717, 1.165) is 41.9 Å². The summed E-state index contributed by atoms with van der Waals surface area (Å²) >= 11 is 0. The van der Waals surface area contributed by atoms with Crippen molar-refractivity contribution in [3.63, 3.8) is 0 Å². The molecule has 1 heterocycles. The molecule has 0 saturated heterocycles. The summed E-state index contributed by atoms with van der Waals surface area (Å²) in [4.78, 5) is 4.64. The first-order valence-corrected chi connectivity index (χ1v) is 7.56. The Morgan fingerprint density at radius 2 is 1.91 bits per heavy atom. The van der Waals surface area contributed by atoms with Gasteiger partial charge < -0.3 is 15.0 Å². The molecule has 1 aromatic heterocycles. The van der Waals surface area contributed by atoms with E-state index in [9.17, 15) is 0 Å². The second kappa shape index (κ2) is 6.62. The summed E-state index contributed by atoms with van der Waals surface area (Å²) < 4.78 is 7.50. The van der Waals surface area contributed by atoms with Gasteiger partial charge in [0.05, 0.1) is 11.2 Å². The van der Waals surface area contributed by atoms with Crippen molar-refractivity contribution in [2.45, 2.75) is 26.0 Å². The minimum atomic E-state index is 0.499. The fourth-order valence-corrected chi connectivity index (χ4v) is 2.79. The quantitative estimate of drug-likeness (QED) is 0.709. The lowest BCUT2D eigenvalue weighted by molar-refractivity contribution is 0.174. The van der Waals surface area contributed by atoms with Crippen LogP contribution in [-0.2, 0) is 24.3 Å². The number of imidazole rings is 1. The average molecular weight is 295 g/mol. The molecule has 2 N–H and O–H groups in total. The maximum absolute atomic E-state index is 6.04. The molecule has 3 rings (SSSR count). The number of aromatic nitrogens is 2. The highest BCUT2D eigenvalue weighted by Gasteiger charge is 2.12. The van der Waals surface area contributed by atoms with Gasteiger partial charge in [-0.15, -0.1) is 0 Å². The molecule has 0 aliphatic carbocycles. The topological polar surface area (TPSA) is 53.1 Å². The Balaban J connectivity index is 1.82. The molecule has 3 aromatic rings. The molecule has 0 atom stereocenters. The third kappa shape index (κ3) is 2.97. The van der Waals surface area contributed by atoms with E-state index in [1.165, 1.54) is 5.56 Å². The molecular weight excluding hydrogens is 274 g/mol. The third-order valence-electron chi connectivity index (χ3n) is 3.85. The molecule has 0 spiro atoms. The van der Waals surface area contributed by atoms with Gasteiger partial charge in [-0.05, 0) is 30.5 Å². The van der Waals surface area contributed by atoms with Gasteiger partial charge in [-0.3, -0.25) is 0 Å². The van der Waals surface area contributed by atoms with Crippen molar-refractivity contribution in [3.05, 3.63) is 59.9 Å². The predicted octanol–water partition coefficient (Wildman–Crippen LogP) is 3.40. The van der Waals surface area contributed by atoms with Gasteiger partial charge in [0.15, 0.2) is 0 Å². The molecule has 0 bridgehead atoms. The molecule has 114 valence electrons. The summed E-state index contributed by atoms with van der Waals surface area (Å²) in [5.74, 6) is 0.934. The van der Waals surface area contributed by atoms with E-state index in [2.05, 4.69) is 39.9 Å². The molecule has 4 heteroatoms. The molecule has 2 aromatic carbocycles. The Morgan fingerprint density at radius 1 is 1.09 bits per heavy atom. The second-order valence-corrected chi connectivity index (χ2v) is 5.42. The normalized spacial score (nSPS) is 11.1. The van der Waals surface area contributed by atoms with Crippen LogP contribution in [0.2, 0.25) is 0 Å². The zero-order valence-electron chi connectivity index (χ0n) is 12.8. The van der Waals surface area contributed by atoms with Crippen molar-refractivity contribution in [1.82, 2.24) is 9.55 Å². The number of aryl methyl sites for hydroxylation is 2. The Hall–Kier alpha value is -2.33. The van der Waals surface area contributed by atoms with Crippen molar-refractivity contribution in [1.29, 1.82) is 0 Å². The third-order valence-corrected chi connectivity index (χ3v) is 3.85. The number of hydrogen-bond donors (Lipinski definition) is 1. The number of hydrogen-bond acceptors (Lipinski definition) is 3. The smallest absolute Gasteiger partial charge is 0.136 e. The number of benzene rings is 2. The van der Waals surface area contributed by atoms with Gasteiger partial charge in [0.2, 0.25) is 0 Å². The number of nitrogens with zero attached hydrogens (tertiary/aromatic N) is 2. The van der Waals surface area contributed by atoms with E-state index >= 15 is 0 Å². The highest BCUT2D eigenvalue weighted by Crippen LogP contribution is 2.23. The maximum Gasteiger partial charge on any atom is 0.136 e. The lowest BCUT2D eigenvalue weighted by Gasteiger charge is -2.09. The predicted molar refractivity (Wildman–Crippen MR) is 89.6 cm³/mol. The fraction of sp³-hybridized carbons (Fsp3) is 0.278. The van der Waals surface area contributed by atoms with Crippen molar-refractivity contribution >= 4 is 16.7 Å². The van der Waals surface area contributed by atoms with Gasteiger partial charge in [0, 0.05) is 13.7 Å². The summed E-state index contributed by atoms with van der Waals surface area (Å²) in [7, 11) is 1.69. The summed E-state index contributed by atoms with van der Waals surface area (Å²) in [5.41, 5.74) is 10.1. The highest BCUT2D eigenvalue weighted by molar-refractivity contribution is 5.87. The van der Waals surface area contributed by atoms with Gasteiger partial charge in [0.1, 0.15) is 17.9 Å². The van der Waals surface area contributed by atoms with Crippen LogP contribution >= 0.6 is 0 Å². The molecule has 0 unspecified atom stereocenters. The lowest BCUT2D eigenvalue weighted by Crippen LogP contribution is -2.06. The first-order valence-electron chi connectivity index (χ1n) is 7.56. The van der Waals surface area contributed by atoms with Gasteiger partial charge in [0.25, 0.3) is 0 Å². The Kier molecular flexibility index (Phi) is 4.39. The lowest BCUT2D eigenvalue weighted by atomic mass is 10.1. The van der Waals surface area contributed by atoms with Crippen molar-refractivity contribution in [2.24, 2.45) is 0 Å². The van der Waals surface area contributed by atoms with Crippen LogP contribution in [0.3, 0.4) is 0 Å². The maximum atomic E-state index is 6.04. The molecular formula is C18H21N3O. The summed E-state index contributed by atoms with van der Waals surface area (Å²) in [5, 5.41) is 0. The molecule has 4 nitrogen and oxygen atoms in total. The largest absolute Gasteiger partial charge is 0.397 e. The van der Waals surface area contributed by atoms with Crippen LogP contribution in [0, 0.1) is 0 Å². The van der Waals surface area contributed by atoms with Gasteiger partial charge in [-0.1, -0.05) is 36.4 Å². The summed E-state index contributed by atoms with van der Waals surface area (Å²) in [6.07, 6.45) is 2.11. The Bertz CT molecular complexity index is 750. The van der Waals surface area contributed by atoms with Gasteiger partial charge in [-0.2, -0.15) is 0 Å². The van der Waals surface area contributed by atoms with Crippen LogP contribution in [0.25, 0.3) is 11.0 Å². The highest BCUT2D eigenvalue weighted by atomic mass is 16.5. The first kappa shape index (κ1) is 14.6. The summed E-state index contributed by atoms with van der Waals surface area (Å²) in [6.45, 7) is 1.41. The Morgan fingerprint density at radius 3 is 2.68 bits per heavy atom. The molecule has 0 saturated carbocycles. The van der Waals surface area contributed by atoms with Crippen molar-refractivity contribution in [2.75, 3.05) is 12.8 Å². The zero-order chi connectivity index (χ0) is 15.4. The summed E-state index contributed by atoms with van der Waals surface area (Å²) in [6, 6.07) is 16.5. The van der Waals surface area contributed by atoms with Crippen LogP contribution in [0.1, 0.15) is 17.8 Å². The second-order valence-electron chi connectivity index (χ2n) is 5.42. The number of methoxy groups -OCH3 is 1. The van der Waals surface area contributed by atoms with E-state index < -0.39 is 0 Å². The number of ether oxygens (including phenoxy) is 1. The molecule has 0 fully saturated rings. The Labute approximate surface area is 130 Å². The zero-order valence-corrected chi connectivity index (χ0v) is 12.8. The fourth-order valence-electron chi connectivity index (χ4n) is 2.79. The van der Waals surface area contributed by atoms with Crippen LogP contribution in [0.5, 0.6) is 0 Å². The molecule has 0 amide bonds. The minimum Gasteiger partial charge on any atom is -0.397 e. The van der Waals surface area contributed by atoms with Crippen LogP contribution in [-0.4, -0.2) is 16.7 Å². The molecule has 22 heavy (non-hydrogen) atoms. The number of nitrogen functional groups attached to an aromatic ring is 1. The molecule has 0 radical (unpaired) electrons. The van der Waals surface area contributed by atoms with Crippen molar-refractivity contribution < 1.29 is 4.74 Å². The standard InChI is InChI=1S/C18H21N3O/c1-22-13-17-20-18-15(19)10-5-11-16(18)21(17)12-6-9-14-7-3-2-4-8-14/h2-5,7-8,10-11H,6,9,12-13,19H2,1H3. The van der Waals surface area contributed by atoms with Crippen LogP contribution < -0.4 is 5.73 Å². The number of para-hydroxylation sites is 1. The van der Waals surface area contributed by atoms with Crippen LogP contribution in [0.15, 0.2) is 48.5 Å². The number of anilines is 1. The minimum absolute atomic E-state index is 0.499. The SMILES string of the molecule is COCc1nc2c(N)cccc2n1CCCc1ccccc1. The first-order chi connectivity index (χ1) is 10.8. The van der Waals surface area contributed by atoms with Crippen LogP contribution in [0.4, 0.5) is 5.69 Å². The average Bonchev–Trinajstić information content (AvgIpc) is 2.88. The van der Waals surface area contributed by atoms with Crippen molar-refractivity contribution in [3.8, 4) is 0 Å². The van der Waals surface area contributed by atoms with E-state index in [-0.39, 0.29) is 0 Å². The van der Waals surface area contributed by atoms with E-state index in [1.807, 2.05) is 18.2 Å². The van der Waals surface area contributed by atoms with E-state index in [1.54, 1.807) is 7.11 Å². The molecule has 0 aliphatic heterocycles. The van der Waals surface area contributed by atoms with E-state index in [4.69, 9.17) is 10.5 Å². The van der Waals surface area contributed by atoms with E-state index in [0.29, 0.717) is 6.61 Å². The van der Waals surface area contributed by atoms with Gasteiger partial charge in [-0.25, -0.2) is 4.98 Å². The number of fused-ring (bicyclic) bond motifs is 1. The van der Waals surface area contributed by atoms with Gasteiger partial charge >= 0.3 is 0 Å². The monoisotopic (exact) mass is 295 g/mol.